The summed E-state index contributed by atoms with van der Waals surface area (Å²) in [6.07, 6.45) is 1.28. The molecule has 7 nitrogen and oxygen atoms in total. The number of carbonyl (C=O) groups excluding carboxylic acids is 1. The molecule has 0 bridgehead atoms. The molecule has 0 saturated carbocycles. The van der Waals surface area contributed by atoms with Crippen LogP contribution in [0, 0.1) is 0 Å². The van der Waals surface area contributed by atoms with E-state index < -0.39 is 15.9 Å². The van der Waals surface area contributed by atoms with Gasteiger partial charge in [0.2, 0.25) is 0 Å². The molecule has 0 spiro atoms. The summed E-state index contributed by atoms with van der Waals surface area (Å²) in [6, 6.07) is 16.5. The molecule has 1 amide bonds. The topological polar surface area (TPSA) is 108 Å². The number of rotatable bonds is 6. The molecule has 3 N–H and O–H groups in total. The summed E-state index contributed by atoms with van der Waals surface area (Å²) in [5.74, 6) is -0.609. The van der Waals surface area contributed by atoms with Crippen molar-refractivity contribution in [3.63, 3.8) is 0 Å². The highest BCUT2D eigenvalue weighted by molar-refractivity contribution is 9.10. The molecular weight excluding hydrogens is 494 g/mol. The van der Waals surface area contributed by atoms with Crippen molar-refractivity contribution in [2.45, 2.75) is 4.90 Å². The normalized spacial score (nSPS) is 11.4. The number of nitrogens with one attached hydrogen (secondary N) is 2. The predicted octanol–water partition coefficient (Wildman–Crippen LogP) is 4.37. The fraction of sp³-hybridized carbons (Fsp3) is 0. The van der Waals surface area contributed by atoms with Crippen LogP contribution in [0.15, 0.2) is 81.2 Å². The Balaban J connectivity index is 1.73. The molecule has 0 heterocycles. The van der Waals surface area contributed by atoms with Crippen LogP contribution in [0.3, 0.4) is 0 Å². The Morgan fingerprint density at radius 3 is 2.53 bits per heavy atom. The first-order chi connectivity index (χ1) is 14.2. The molecule has 10 heteroatoms. The second-order valence-electron chi connectivity index (χ2n) is 6.04. The van der Waals surface area contributed by atoms with Crippen LogP contribution in [-0.4, -0.2) is 25.6 Å². The summed E-state index contributed by atoms with van der Waals surface area (Å²) >= 11 is 9.08. The van der Waals surface area contributed by atoms with Crippen molar-refractivity contribution in [1.82, 2.24) is 5.43 Å². The quantitative estimate of drug-likeness (QED) is 0.339. The zero-order chi connectivity index (χ0) is 21.7. The minimum absolute atomic E-state index is 0.00226. The van der Waals surface area contributed by atoms with Crippen molar-refractivity contribution >= 4 is 55.4 Å². The number of aromatic hydroxyl groups is 1. The van der Waals surface area contributed by atoms with Gasteiger partial charge in [0, 0.05) is 26.3 Å². The average Bonchev–Trinajstić information content (AvgIpc) is 2.72. The molecule has 0 aromatic heterocycles. The lowest BCUT2D eigenvalue weighted by Gasteiger charge is -2.09. The van der Waals surface area contributed by atoms with E-state index in [2.05, 4.69) is 31.2 Å². The van der Waals surface area contributed by atoms with E-state index in [4.69, 9.17) is 11.6 Å². The molecule has 0 aliphatic carbocycles. The van der Waals surface area contributed by atoms with Gasteiger partial charge in [0.1, 0.15) is 5.75 Å². The number of benzene rings is 3. The number of phenolic OH excluding ortho intramolecular Hbond substituents is 1. The van der Waals surface area contributed by atoms with Crippen LogP contribution in [0.4, 0.5) is 5.69 Å². The van der Waals surface area contributed by atoms with Gasteiger partial charge in [-0.1, -0.05) is 33.6 Å². The van der Waals surface area contributed by atoms with Crippen molar-refractivity contribution in [3.05, 3.63) is 87.4 Å². The number of sulfonamides is 1. The molecule has 0 fully saturated rings. The maximum absolute atomic E-state index is 12.6. The molecule has 0 unspecified atom stereocenters. The highest BCUT2D eigenvalue weighted by Gasteiger charge is 2.16. The van der Waals surface area contributed by atoms with Gasteiger partial charge >= 0.3 is 0 Å². The van der Waals surface area contributed by atoms with Crippen molar-refractivity contribution in [3.8, 4) is 5.75 Å². The molecule has 0 saturated heterocycles. The van der Waals surface area contributed by atoms with E-state index in [1.54, 1.807) is 24.3 Å². The first-order valence-electron chi connectivity index (χ1n) is 8.45. The Kier molecular flexibility index (Phi) is 6.76. The molecule has 30 heavy (non-hydrogen) atoms. The van der Waals surface area contributed by atoms with E-state index in [0.29, 0.717) is 16.3 Å². The molecule has 3 aromatic rings. The number of phenols is 1. The summed E-state index contributed by atoms with van der Waals surface area (Å²) in [6.45, 7) is 0. The molecule has 154 valence electrons. The van der Waals surface area contributed by atoms with E-state index in [9.17, 15) is 18.3 Å². The second kappa shape index (κ2) is 9.29. The predicted molar refractivity (Wildman–Crippen MR) is 120 cm³/mol. The number of carbonyl (C=O) groups is 1. The number of anilines is 1. The molecule has 0 radical (unpaired) electrons. The Hall–Kier alpha value is -2.88. The van der Waals surface area contributed by atoms with Crippen LogP contribution in [0.1, 0.15) is 15.9 Å². The van der Waals surface area contributed by atoms with Crippen LogP contribution in [0.5, 0.6) is 5.75 Å². The zero-order valence-electron chi connectivity index (χ0n) is 15.2. The van der Waals surface area contributed by atoms with E-state index in [1.165, 1.54) is 48.7 Å². The van der Waals surface area contributed by atoms with E-state index in [0.717, 1.165) is 4.47 Å². The van der Waals surface area contributed by atoms with Crippen LogP contribution < -0.4 is 10.1 Å². The zero-order valence-corrected chi connectivity index (χ0v) is 18.4. The van der Waals surface area contributed by atoms with Crippen molar-refractivity contribution in [1.29, 1.82) is 0 Å². The molecule has 0 atom stereocenters. The summed E-state index contributed by atoms with van der Waals surface area (Å²) < 4.78 is 28.3. The third-order valence-corrected chi connectivity index (χ3v) is 5.99. The number of hydrogen-bond acceptors (Lipinski definition) is 5. The molecular formula is C20H15BrClN3O4S. The minimum atomic E-state index is -3.91. The van der Waals surface area contributed by atoms with Gasteiger partial charge in [0.15, 0.2) is 0 Å². The van der Waals surface area contributed by atoms with Crippen LogP contribution in [0.25, 0.3) is 0 Å². The standard InChI is InChI=1S/C20H15BrClN3O4S/c21-15-4-9-19(26)14(10-15)12-23-24-20(27)13-2-1-3-18(11-13)30(28,29)25-17-7-5-16(22)6-8-17/h1-12,25-26H,(H,24,27)/b23-12+. The third-order valence-electron chi connectivity index (χ3n) is 3.86. The number of halogens is 2. The number of hydrazone groups is 1. The summed E-state index contributed by atoms with van der Waals surface area (Å²) in [4.78, 5) is 12.3. The van der Waals surface area contributed by atoms with Crippen LogP contribution in [-0.2, 0) is 10.0 Å². The van der Waals surface area contributed by atoms with Crippen LogP contribution >= 0.6 is 27.5 Å². The highest BCUT2D eigenvalue weighted by atomic mass is 79.9. The van der Waals surface area contributed by atoms with Gasteiger partial charge in [-0.25, -0.2) is 13.8 Å². The Labute approximate surface area is 186 Å². The van der Waals surface area contributed by atoms with Crippen molar-refractivity contribution in [2.24, 2.45) is 5.10 Å². The lowest BCUT2D eigenvalue weighted by Crippen LogP contribution is -2.19. The lowest BCUT2D eigenvalue weighted by molar-refractivity contribution is 0.0955. The monoisotopic (exact) mass is 507 g/mol. The maximum atomic E-state index is 12.6. The molecule has 3 rings (SSSR count). The minimum Gasteiger partial charge on any atom is -0.507 e. The van der Waals surface area contributed by atoms with E-state index in [1.807, 2.05) is 0 Å². The third kappa shape index (κ3) is 5.59. The van der Waals surface area contributed by atoms with Gasteiger partial charge in [-0.15, -0.1) is 0 Å². The highest BCUT2D eigenvalue weighted by Crippen LogP contribution is 2.21. The van der Waals surface area contributed by atoms with Gasteiger partial charge < -0.3 is 5.11 Å². The summed E-state index contributed by atoms with van der Waals surface area (Å²) in [5, 5.41) is 14.1. The van der Waals surface area contributed by atoms with Gasteiger partial charge in [0.25, 0.3) is 15.9 Å². The van der Waals surface area contributed by atoms with E-state index >= 15 is 0 Å². The first-order valence-corrected chi connectivity index (χ1v) is 11.1. The Morgan fingerprint density at radius 2 is 1.80 bits per heavy atom. The Morgan fingerprint density at radius 1 is 1.07 bits per heavy atom. The van der Waals surface area contributed by atoms with Gasteiger partial charge in [-0.2, -0.15) is 5.10 Å². The van der Waals surface area contributed by atoms with Gasteiger partial charge in [-0.3, -0.25) is 9.52 Å². The Bertz CT molecular complexity index is 1210. The maximum Gasteiger partial charge on any atom is 0.271 e. The summed E-state index contributed by atoms with van der Waals surface area (Å²) in [5.41, 5.74) is 3.14. The summed E-state index contributed by atoms with van der Waals surface area (Å²) in [7, 11) is -3.91. The fourth-order valence-electron chi connectivity index (χ4n) is 2.39. The average molecular weight is 509 g/mol. The number of amides is 1. The first kappa shape index (κ1) is 21.8. The second-order valence-corrected chi connectivity index (χ2v) is 9.08. The lowest BCUT2D eigenvalue weighted by atomic mass is 10.2. The largest absolute Gasteiger partial charge is 0.507 e. The molecule has 0 aliphatic heterocycles. The smallest absolute Gasteiger partial charge is 0.271 e. The van der Waals surface area contributed by atoms with Crippen molar-refractivity contribution in [2.75, 3.05) is 4.72 Å². The SMILES string of the molecule is O=C(N/N=C/c1cc(Br)ccc1O)c1cccc(S(=O)(=O)Nc2ccc(Cl)cc2)c1. The van der Waals surface area contributed by atoms with Crippen LogP contribution in [0.2, 0.25) is 5.02 Å². The molecule has 3 aromatic carbocycles. The van der Waals surface area contributed by atoms with Crippen molar-refractivity contribution < 1.29 is 18.3 Å². The number of nitrogens with zero attached hydrogens (tertiary/aromatic N) is 1. The van der Waals surface area contributed by atoms with Gasteiger partial charge in [0.05, 0.1) is 11.1 Å². The fourth-order valence-corrected chi connectivity index (χ4v) is 4.00. The van der Waals surface area contributed by atoms with Gasteiger partial charge in [-0.05, 0) is 60.7 Å². The molecule has 0 aliphatic rings. The van der Waals surface area contributed by atoms with E-state index in [-0.39, 0.29) is 16.2 Å². The number of hydrogen-bond donors (Lipinski definition) is 3.